The van der Waals surface area contributed by atoms with Crippen LogP contribution in [0.3, 0.4) is 0 Å². The Bertz CT molecular complexity index is 1080. The third-order valence-corrected chi connectivity index (χ3v) is 5.46. The van der Waals surface area contributed by atoms with Gasteiger partial charge in [0.1, 0.15) is 27.0 Å². The number of ether oxygens (including phenoxy) is 1. The third-order valence-electron chi connectivity index (χ3n) is 3.54. The van der Waals surface area contributed by atoms with Crippen molar-refractivity contribution >= 4 is 42.4 Å². The number of nitrogens with zero attached hydrogens (tertiary/aromatic N) is 2. The maximum absolute atomic E-state index is 11.7. The number of aromatic nitrogens is 2. The van der Waals surface area contributed by atoms with E-state index in [4.69, 9.17) is 4.74 Å². The van der Waals surface area contributed by atoms with E-state index in [-0.39, 0.29) is 17.4 Å². The summed E-state index contributed by atoms with van der Waals surface area (Å²) in [6.07, 6.45) is 2.71. The van der Waals surface area contributed by atoms with E-state index in [0.717, 1.165) is 10.2 Å². The van der Waals surface area contributed by atoms with Gasteiger partial charge in [-0.1, -0.05) is 11.3 Å². The summed E-state index contributed by atoms with van der Waals surface area (Å²) >= 11 is 1.41. The second-order valence-corrected chi connectivity index (χ2v) is 9.05. The average molecular weight is 406 g/mol. The van der Waals surface area contributed by atoms with Gasteiger partial charge in [0.2, 0.25) is 0 Å². The van der Waals surface area contributed by atoms with Crippen molar-refractivity contribution in [1.82, 2.24) is 15.3 Å². The summed E-state index contributed by atoms with van der Waals surface area (Å²) < 4.78 is 29.1. The fourth-order valence-electron chi connectivity index (χ4n) is 2.25. The van der Waals surface area contributed by atoms with E-state index in [0.29, 0.717) is 23.2 Å². The fourth-order valence-corrected chi connectivity index (χ4v) is 3.64. The highest BCUT2D eigenvalue weighted by Gasteiger charge is 2.09. The summed E-state index contributed by atoms with van der Waals surface area (Å²) in [4.78, 5) is 20.1. The van der Waals surface area contributed by atoms with Gasteiger partial charge in [0, 0.05) is 38.2 Å². The molecule has 0 aliphatic heterocycles. The molecule has 2 aromatic heterocycles. The maximum Gasteiger partial charge on any atom is 0.269 e. The minimum Gasteiger partial charge on any atom is -0.457 e. The molecular weight excluding hydrogens is 388 g/mol. The largest absolute Gasteiger partial charge is 0.457 e. The summed E-state index contributed by atoms with van der Waals surface area (Å²) in [6.45, 7) is 0.307. The van der Waals surface area contributed by atoms with Gasteiger partial charge < -0.3 is 15.4 Å². The van der Waals surface area contributed by atoms with Crippen LogP contribution >= 0.6 is 11.3 Å². The Labute approximate surface area is 160 Å². The number of thiazole rings is 1. The van der Waals surface area contributed by atoms with Crippen molar-refractivity contribution in [2.45, 2.75) is 0 Å². The molecule has 0 aliphatic carbocycles. The minimum atomic E-state index is -3.02. The van der Waals surface area contributed by atoms with Gasteiger partial charge in [0.05, 0.1) is 16.0 Å². The molecule has 1 amide bonds. The van der Waals surface area contributed by atoms with E-state index in [1.54, 1.807) is 18.2 Å². The van der Waals surface area contributed by atoms with Crippen LogP contribution in [0.1, 0.15) is 10.5 Å². The van der Waals surface area contributed by atoms with Crippen LogP contribution in [0, 0.1) is 0 Å². The quantitative estimate of drug-likeness (QED) is 0.619. The predicted octanol–water partition coefficient (Wildman–Crippen LogP) is 2.30. The van der Waals surface area contributed by atoms with Crippen molar-refractivity contribution in [3.05, 3.63) is 42.2 Å². The number of amides is 1. The van der Waals surface area contributed by atoms with Crippen LogP contribution in [-0.2, 0) is 9.84 Å². The van der Waals surface area contributed by atoms with Crippen molar-refractivity contribution in [3.8, 4) is 11.5 Å². The molecule has 10 heteroatoms. The number of benzene rings is 1. The summed E-state index contributed by atoms with van der Waals surface area (Å²) in [5.41, 5.74) is 1.06. The number of nitrogens with one attached hydrogen (secondary N) is 2. The number of hydrogen-bond donors (Lipinski definition) is 2. The second kappa shape index (κ2) is 7.89. The number of hydrogen-bond acceptors (Lipinski definition) is 8. The van der Waals surface area contributed by atoms with Gasteiger partial charge in [0.15, 0.2) is 5.13 Å². The molecule has 0 aliphatic rings. The standard InChI is InChI=1S/C17H18N4O4S2/c1-18-16(22)14-9-12(5-6-19-14)25-11-3-4-13-15(10-11)26-17(21-13)20-7-8-27(2,23)24/h3-6,9-10H,7-8H2,1-2H3,(H,18,22)(H,20,21). The Morgan fingerprint density at radius 3 is 2.74 bits per heavy atom. The number of anilines is 1. The van der Waals surface area contributed by atoms with Gasteiger partial charge in [-0.25, -0.2) is 13.4 Å². The van der Waals surface area contributed by atoms with Crippen molar-refractivity contribution in [2.75, 3.05) is 30.9 Å². The summed E-state index contributed by atoms with van der Waals surface area (Å²) in [6, 6.07) is 8.68. The molecule has 0 spiro atoms. The van der Waals surface area contributed by atoms with Crippen LogP contribution in [-0.4, -0.2) is 49.9 Å². The SMILES string of the molecule is CNC(=O)c1cc(Oc2ccc3nc(NCCS(C)(=O)=O)sc3c2)ccn1. The number of rotatable bonds is 7. The number of sulfone groups is 1. The lowest BCUT2D eigenvalue weighted by atomic mass is 10.3. The van der Waals surface area contributed by atoms with E-state index in [1.165, 1.54) is 30.8 Å². The predicted molar refractivity (Wildman–Crippen MR) is 106 cm³/mol. The van der Waals surface area contributed by atoms with Crippen LogP contribution in [0.4, 0.5) is 5.13 Å². The highest BCUT2D eigenvalue weighted by Crippen LogP contribution is 2.31. The molecule has 3 aromatic rings. The average Bonchev–Trinajstić information content (AvgIpc) is 3.02. The van der Waals surface area contributed by atoms with Crippen LogP contribution in [0.25, 0.3) is 10.2 Å². The van der Waals surface area contributed by atoms with Gasteiger partial charge in [-0.3, -0.25) is 9.78 Å². The topological polar surface area (TPSA) is 110 Å². The summed E-state index contributed by atoms with van der Waals surface area (Å²) in [5.74, 6) is 0.859. The molecule has 1 aromatic carbocycles. The molecule has 3 rings (SSSR count). The second-order valence-electron chi connectivity index (χ2n) is 5.76. The first-order chi connectivity index (χ1) is 12.8. The Hall–Kier alpha value is -2.72. The molecule has 142 valence electrons. The molecule has 0 saturated carbocycles. The number of carbonyl (C=O) groups is 1. The lowest BCUT2D eigenvalue weighted by Gasteiger charge is -2.06. The smallest absolute Gasteiger partial charge is 0.269 e. The van der Waals surface area contributed by atoms with E-state index >= 15 is 0 Å². The van der Waals surface area contributed by atoms with Gasteiger partial charge in [0.25, 0.3) is 5.91 Å². The summed E-state index contributed by atoms with van der Waals surface area (Å²) in [7, 11) is -1.48. The van der Waals surface area contributed by atoms with Gasteiger partial charge in [-0.2, -0.15) is 0 Å². The number of pyridine rings is 1. The van der Waals surface area contributed by atoms with Gasteiger partial charge in [-0.15, -0.1) is 0 Å². The summed E-state index contributed by atoms with van der Waals surface area (Å²) in [5, 5.41) is 6.19. The lowest BCUT2D eigenvalue weighted by molar-refractivity contribution is 0.0958. The maximum atomic E-state index is 11.7. The Kier molecular flexibility index (Phi) is 5.57. The zero-order valence-corrected chi connectivity index (χ0v) is 16.4. The molecule has 2 N–H and O–H groups in total. The highest BCUT2D eigenvalue weighted by molar-refractivity contribution is 7.90. The number of carbonyl (C=O) groups excluding carboxylic acids is 1. The van der Waals surface area contributed by atoms with Gasteiger partial charge in [-0.05, 0) is 18.2 Å². The van der Waals surface area contributed by atoms with E-state index in [1.807, 2.05) is 12.1 Å². The van der Waals surface area contributed by atoms with E-state index < -0.39 is 9.84 Å². The Morgan fingerprint density at radius 2 is 2.00 bits per heavy atom. The molecule has 27 heavy (non-hydrogen) atoms. The molecule has 2 heterocycles. The Balaban J connectivity index is 1.74. The molecule has 0 bridgehead atoms. The zero-order valence-electron chi connectivity index (χ0n) is 14.7. The number of fused-ring (bicyclic) bond motifs is 1. The highest BCUT2D eigenvalue weighted by atomic mass is 32.2. The molecule has 0 saturated heterocycles. The van der Waals surface area contributed by atoms with E-state index in [9.17, 15) is 13.2 Å². The van der Waals surface area contributed by atoms with Crippen LogP contribution < -0.4 is 15.4 Å². The first-order valence-electron chi connectivity index (χ1n) is 8.02. The first kappa shape index (κ1) is 19.1. The van der Waals surface area contributed by atoms with Crippen molar-refractivity contribution in [2.24, 2.45) is 0 Å². The normalized spacial score (nSPS) is 11.3. The molecule has 0 fully saturated rings. The zero-order chi connectivity index (χ0) is 19.4. The monoisotopic (exact) mass is 406 g/mol. The minimum absolute atomic E-state index is 0.0486. The molecule has 0 radical (unpaired) electrons. The van der Waals surface area contributed by atoms with E-state index in [2.05, 4.69) is 20.6 Å². The molecule has 8 nitrogen and oxygen atoms in total. The molecular formula is C17H18N4O4S2. The Morgan fingerprint density at radius 1 is 1.22 bits per heavy atom. The molecule has 0 atom stereocenters. The van der Waals surface area contributed by atoms with Crippen LogP contribution in [0.15, 0.2) is 36.5 Å². The lowest BCUT2D eigenvalue weighted by Crippen LogP contribution is -2.18. The third kappa shape index (κ3) is 5.14. The molecule has 0 unspecified atom stereocenters. The van der Waals surface area contributed by atoms with Crippen molar-refractivity contribution in [1.29, 1.82) is 0 Å². The van der Waals surface area contributed by atoms with Gasteiger partial charge >= 0.3 is 0 Å². The first-order valence-corrected chi connectivity index (χ1v) is 10.9. The van der Waals surface area contributed by atoms with Crippen molar-refractivity contribution < 1.29 is 17.9 Å². The van der Waals surface area contributed by atoms with Crippen molar-refractivity contribution in [3.63, 3.8) is 0 Å². The fraction of sp³-hybridized carbons (Fsp3) is 0.235. The van der Waals surface area contributed by atoms with Crippen LogP contribution in [0.2, 0.25) is 0 Å². The van der Waals surface area contributed by atoms with Crippen LogP contribution in [0.5, 0.6) is 11.5 Å².